The Hall–Kier alpha value is -1.98. The Bertz CT molecular complexity index is 749. The lowest BCUT2D eigenvalue weighted by molar-refractivity contribution is 0.190. The Morgan fingerprint density at radius 3 is 2.17 bits per heavy atom. The lowest BCUT2D eigenvalue weighted by Gasteiger charge is -2.37. The van der Waals surface area contributed by atoms with Crippen molar-refractivity contribution >= 4 is 5.82 Å². The van der Waals surface area contributed by atoms with Gasteiger partial charge in [0.15, 0.2) is 5.82 Å². The van der Waals surface area contributed by atoms with Gasteiger partial charge in [-0.2, -0.15) is 0 Å². The molecular formula is C25H41N5. The first kappa shape index (κ1) is 24.3. The minimum absolute atomic E-state index is 0.749. The number of anilines is 1. The monoisotopic (exact) mass is 411 g/mol. The van der Waals surface area contributed by atoms with Crippen molar-refractivity contribution in [1.29, 1.82) is 0 Å². The number of nitrogens with zero attached hydrogens (tertiary/aromatic N) is 5. The van der Waals surface area contributed by atoms with E-state index in [1.54, 1.807) is 0 Å². The molecule has 1 aliphatic rings. The van der Waals surface area contributed by atoms with E-state index in [4.69, 9.17) is 0 Å². The number of rotatable bonds is 7. The summed E-state index contributed by atoms with van der Waals surface area (Å²) < 4.78 is 0. The van der Waals surface area contributed by atoms with Gasteiger partial charge in [0.05, 0.1) is 5.69 Å². The Morgan fingerprint density at radius 2 is 1.63 bits per heavy atom. The Balaban J connectivity index is 0.00000155. The van der Waals surface area contributed by atoms with Crippen LogP contribution in [-0.4, -0.2) is 73.4 Å². The second-order valence-corrected chi connectivity index (χ2v) is 8.40. The number of piperazine rings is 1. The van der Waals surface area contributed by atoms with E-state index in [2.05, 4.69) is 90.1 Å². The van der Waals surface area contributed by atoms with Crippen molar-refractivity contribution in [3.63, 3.8) is 0 Å². The third-order valence-corrected chi connectivity index (χ3v) is 5.87. The van der Waals surface area contributed by atoms with Gasteiger partial charge in [-0.05, 0) is 63.2 Å². The quantitative estimate of drug-likeness (QED) is 0.670. The number of aryl methyl sites for hydroxylation is 2. The van der Waals surface area contributed by atoms with E-state index in [-0.39, 0.29) is 0 Å². The van der Waals surface area contributed by atoms with E-state index in [1.807, 2.05) is 13.8 Å². The highest BCUT2D eigenvalue weighted by molar-refractivity contribution is 5.61. The molecule has 0 bridgehead atoms. The van der Waals surface area contributed by atoms with Crippen LogP contribution in [0.2, 0.25) is 0 Å². The smallest absolute Gasteiger partial charge is 0.151 e. The van der Waals surface area contributed by atoms with Gasteiger partial charge in [0.2, 0.25) is 0 Å². The third-order valence-electron chi connectivity index (χ3n) is 5.87. The van der Waals surface area contributed by atoms with E-state index in [0.717, 1.165) is 49.2 Å². The third kappa shape index (κ3) is 6.78. The number of hydrogen-bond acceptors (Lipinski definition) is 5. The predicted octanol–water partition coefficient (Wildman–Crippen LogP) is 4.50. The van der Waals surface area contributed by atoms with Crippen LogP contribution in [-0.2, 0) is 0 Å². The summed E-state index contributed by atoms with van der Waals surface area (Å²) in [6.07, 6.45) is 1.24. The summed E-state index contributed by atoms with van der Waals surface area (Å²) in [5.41, 5.74) is 4.68. The normalized spacial score (nSPS) is 15.7. The van der Waals surface area contributed by atoms with Crippen LogP contribution in [0.4, 0.5) is 5.82 Å². The summed E-state index contributed by atoms with van der Waals surface area (Å²) >= 11 is 0. The van der Waals surface area contributed by atoms with Gasteiger partial charge >= 0.3 is 0 Å². The van der Waals surface area contributed by atoms with Crippen molar-refractivity contribution in [1.82, 2.24) is 20.0 Å². The number of benzene rings is 1. The first-order valence-corrected chi connectivity index (χ1v) is 11.5. The summed E-state index contributed by atoms with van der Waals surface area (Å²) in [4.78, 5) is 7.27. The largest absolute Gasteiger partial charge is 0.353 e. The Kier molecular flexibility index (Phi) is 9.73. The van der Waals surface area contributed by atoms with Crippen LogP contribution < -0.4 is 4.90 Å². The minimum atomic E-state index is 0.749. The molecule has 2 heterocycles. The summed E-state index contributed by atoms with van der Waals surface area (Å²) in [5, 5.41) is 9.02. The van der Waals surface area contributed by atoms with E-state index in [9.17, 15) is 0 Å². The zero-order chi connectivity index (χ0) is 22.1. The lowest BCUT2D eigenvalue weighted by Crippen LogP contribution is -2.48. The van der Waals surface area contributed by atoms with Gasteiger partial charge in [-0.1, -0.05) is 39.3 Å². The molecule has 1 aromatic heterocycles. The average Bonchev–Trinajstić information content (AvgIpc) is 2.77. The van der Waals surface area contributed by atoms with Crippen LogP contribution in [0.5, 0.6) is 0 Å². The van der Waals surface area contributed by atoms with Gasteiger partial charge in [0.25, 0.3) is 0 Å². The maximum atomic E-state index is 4.52. The maximum absolute atomic E-state index is 4.52. The van der Waals surface area contributed by atoms with Crippen molar-refractivity contribution in [2.75, 3.05) is 58.3 Å². The van der Waals surface area contributed by atoms with Crippen LogP contribution in [0, 0.1) is 19.8 Å². The molecule has 0 radical (unpaired) electrons. The van der Waals surface area contributed by atoms with E-state index >= 15 is 0 Å². The van der Waals surface area contributed by atoms with Gasteiger partial charge in [-0.3, -0.25) is 4.90 Å². The predicted molar refractivity (Wildman–Crippen MR) is 129 cm³/mol. The van der Waals surface area contributed by atoms with E-state index in [0.29, 0.717) is 0 Å². The molecule has 0 spiro atoms. The molecule has 5 heteroatoms. The molecule has 1 atom stereocenters. The van der Waals surface area contributed by atoms with Crippen molar-refractivity contribution in [2.24, 2.45) is 5.92 Å². The summed E-state index contributed by atoms with van der Waals surface area (Å²) in [6, 6.07) is 10.7. The van der Waals surface area contributed by atoms with Crippen molar-refractivity contribution in [3.05, 3.63) is 41.5 Å². The first-order valence-electron chi connectivity index (χ1n) is 11.5. The molecule has 1 saturated heterocycles. The summed E-state index contributed by atoms with van der Waals surface area (Å²) in [6.45, 7) is 17.2. The zero-order valence-electron chi connectivity index (χ0n) is 20.1. The van der Waals surface area contributed by atoms with Gasteiger partial charge in [-0.15, -0.1) is 10.2 Å². The van der Waals surface area contributed by atoms with Crippen LogP contribution in [0.25, 0.3) is 11.3 Å². The summed E-state index contributed by atoms with van der Waals surface area (Å²) in [7, 11) is 4.34. The SMILES string of the molecule is CC.CCC(CN(C)C)CN1CCN(c2ccc(-c3ccc(C)c(C)c3)nn2)CC1. The van der Waals surface area contributed by atoms with Gasteiger partial charge < -0.3 is 9.80 Å². The highest BCUT2D eigenvalue weighted by Gasteiger charge is 2.21. The molecule has 1 fully saturated rings. The lowest BCUT2D eigenvalue weighted by atomic mass is 10.0. The standard InChI is InChI=1S/C23H35N5.C2H6/c1-6-20(16-26(4)5)17-27-11-13-28(14-12-27)23-10-9-22(24-25-23)21-8-7-18(2)19(3)15-21;1-2/h7-10,15,20H,6,11-14,16-17H2,1-5H3;1-2H3. The van der Waals surface area contributed by atoms with E-state index in [1.165, 1.54) is 30.6 Å². The minimum Gasteiger partial charge on any atom is -0.353 e. The molecule has 30 heavy (non-hydrogen) atoms. The maximum Gasteiger partial charge on any atom is 0.151 e. The van der Waals surface area contributed by atoms with Crippen molar-refractivity contribution < 1.29 is 0 Å². The average molecular weight is 412 g/mol. The molecule has 1 aliphatic heterocycles. The van der Waals surface area contributed by atoms with Crippen LogP contribution in [0.3, 0.4) is 0 Å². The highest BCUT2D eigenvalue weighted by Crippen LogP contribution is 2.22. The summed E-state index contributed by atoms with van der Waals surface area (Å²) in [5.74, 6) is 1.74. The molecule has 1 aromatic carbocycles. The Morgan fingerprint density at radius 1 is 0.933 bits per heavy atom. The molecule has 0 aliphatic carbocycles. The van der Waals surface area contributed by atoms with Crippen molar-refractivity contribution in [2.45, 2.75) is 41.0 Å². The highest BCUT2D eigenvalue weighted by atomic mass is 15.3. The molecule has 2 aromatic rings. The number of aromatic nitrogens is 2. The Labute approximate surface area is 184 Å². The van der Waals surface area contributed by atoms with Gasteiger partial charge in [-0.25, -0.2) is 0 Å². The molecule has 3 rings (SSSR count). The zero-order valence-corrected chi connectivity index (χ0v) is 20.1. The van der Waals surface area contributed by atoms with Crippen LogP contribution in [0.15, 0.2) is 30.3 Å². The molecule has 0 amide bonds. The fourth-order valence-electron chi connectivity index (χ4n) is 3.91. The van der Waals surface area contributed by atoms with Gasteiger partial charge in [0.1, 0.15) is 0 Å². The van der Waals surface area contributed by atoms with Gasteiger partial charge in [0, 0.05) is 44.8 Å². The number of hydrogen-bond donors (Lipinski definition) is 0. The molecule has 0 saturated carbocycles. The van der Waals surface area contributed by atoms with E-state index < -0.39 is 0 Å². The van der Waals surface area contributed by atoms with Crippen LogP contribution in [0.1, 0.15) is 38.3 Å². The molecule has 1 unspecified atom stereocenters. The second kappa shape index (κ2) is 12.0. The first-order chi connectivity index (χ1) is 14.5. The molecule has 5 nitrogen and oxygen atoms in total. The van der Waals surface area contributed by atoms with Crippen LogP contribution >= 0.6 is 0 Å². The molecule has 166 valence electrons. The van der Waals surface area contributed by atoms with Crippen molar-refractivity contribution in [3.8, 4) is 11.3 Å². The molecular weight excluding hydrogens is 370 g/mol. The molecule has 0 N–H and O–H groups in total. The fraction of sp³-hybridized carbons (Fsp3) is 0.600. The second-order valence-electron chi connectivity index (χ2n) is 8.40. The topological polar surface area (TPSA) is 35.5 Å². The fourth-order valence-corrected chi connectivity index (χ4v) is 3.91.